The second-order valence-electron chi connectivity index (χ2n) is 4.47. The Balaban J connectivity index is 2.12. The zero-order valence-corrected chi connectivity index (χ0v) is 18.7. The first-order valence-electron chi connectivity index (χ1n) is 6.12. The van der Waals surface area contributed by atoms with Gasteiger partial charge in [0.15, 0.2) is 0 Å². The van der Waals surface area contributed by atoms with Gasteiger partial charge in [-0.2, -0.15) is 0 Å². The van der Waals surface area contributed by atoms with E-state index in [-0.39, 0.29) is 0 Å². The van der Waals surface area contributed by atoms with Crippen LogP contribution < -0.4 is 0 Å². The van der Waals surface area contributed by atoms with E-state index in [4.69, 9.17) is 0 Å². The lowest BCUT2D eigenvalue weighted by Gasteiger charge is -2.10. The molecule has 3 aromatic rings. The second kappa shape index (κ2) is 6.89. The number of hydrogen-bond donors (Lipinski definition) is 1. The van der Waals surface area contributed by atoms with Crippen molar-refractivity contribution in [1.82, 2.24) is 4.98 Å². The number of hydrogen-bond acceptors (Lipinski definition) is 1. The van der Waals surface area contributed by atoms with E-state index in [9.17, 15) is 0 Å². The zero-order chi connectivity index (χ0) is 15.9. The Morgan fingerprint density at radius 3 is 2.14 bits per heavy atom. The van der Waals surface area contributed by atoms with Crippen molar-refractivity contribution >= 4 is 102 Å². The standard InChI is InChI=1S/C15H7Br5N2/c16-9-10(17)12(19)15(13(20)11(9)18)22-6-8-3-1-2-7-4-5-21-14(7)8/h1-6,21H/b22-6+. The monoisotopic (exact) mass is 610 g/mol. The number of rotatable bonds is 2. The molecule has 112 valence electrons. The predicted molar refractivity (Wildman–Crippen MR) is 110 cm³/mol. The molecule has 0 radical (unpaired) electrons. The van der Waals surface area contributed by atoms with Crippen LogP contribution in [0.2, 0.25) is 0 Å². The number of aromatic nitrogens is 1. The van der Waals surface area contributed by atoms with E-state index in [2.05, 4.69) is 95.7 Å². The van der Waals surface area contributed by atoms with Gasteiger partial charge in [0.1, 0.15) is 0 Å². The molecule has 2 nitrogen and oxygen atoms in total. The van der Waals surface area contributed by atoms with Crippen LogP contribution in [0.5, 0.6) is 0 Å². The van der Waals surface area contributed by atoms with Crippen molar-refractivity contribution < 1.29 is 0 Å². The second-order valence-corrected chi connectivity index (χ2v) is 8.43. The maximum atomic E-state index is 4.65. The topological polar surface area (TPSA) is 28.1 Å². The number of nitrogens with one attached hydrogen (secondary N) is 1. The van der Waals surface area contributed by atoms with Crippen LogP contribution in [0, 0.1) is 0 Å². The van der Waals surface area contributed by atoms with Gasteiger partial charge >= 0.3 is 0 Å². The van der Waals surface area contributed by atoms with E-state index in [1.54, 1.807) is 0 Å². The van der Waals surface area contributed by atoms with Crippen LogP contribution in [0.15, 0.2) is 57.8 Å². The third-order valence-electron chi connectivity index (χ3n) is 3.14. The van der Waals surface area contributed by atoms with Crippen molar-refractivity contribution in [1.29, 1.82) is 0 Å². The summed E-state index contributed by atoms with van der Waals surface area (Å²) < 4.78 is 4.51. The smallest absolute Gasteiger partial charge is 0.0937 e. The van der Waals surface area contributed by atoms with Gasteiger partial charge in [0.25, 0.3) is 0 Å². The van der Waals surface area contributed by atoms with E-state index in [0.29, 0.717) is 0 Å². The summed E-state index contributed by atoms with van der Waals surface area (Å²) in [6.45, 7) is 0. The van der Waals surface area contributed by atoms with Crippen molar-refractivity contribution in [3.63, 3.8) is 0 Å². The van der Waals surface area contributed by atoms with Gasteiger partial charge in [-0.3, -0.25) is 4.99 Å². The highest BCUT2D eigenvalue weighted by Crippen LogP contribution is 2.48. The van der Waals surface area contributed by atoms with E-state index in [1.165, 1.54) is 5.39 Å². The summed E-state index contributed by atoms with van der Waals surface area (Å²) in [5.41, 5.74) is 2.93. The highest BCUT2D eigenvalue weighted by atomic mass is 79.9. The van der Waals surface area contributed by atoms with E-state index < -0.39 is 0 Å². The summed E-state index contributed by atoms with van der Waals surface area (Å²) in [5.74, 6) is 0. The minimum Gasteiger partial charge on any atom is -0.361 e. The highest BCUT2D eigenvalue weighted by molar-refractivity contribution is 9.15. The van der Waals surface area contributed by atoms with Crippen molar-refractivity contribution in [3.8, 4) is 0 Å². The molecule has 2 aromatic carbocycles. The van der Waals surface area contributed by atoms with E-state index in [0.717, 1.165) is 39.1 Å². The molecule has 0 atom stereocenters. The van der Waals surface area contributed by atoms with Crippen LogP contribution >= 0.6 is 79.6 Å². The number of fused-ring (bicyclic) bond motifs is 1. The van der Waals surface area contributed by atoms with Crippen molar-refractivity contribution in [2.45, 2.75) is 0 Å². The summed E-state index contributed by atoms with van der Waals surface area (Å²) in [6, 6.07) is 8.18. The lowest BCUT2D eigenvalue weighted by Crippen LogP contribution is -1.86. The number of benzene rings is 2. The third kappa shape index (κ3) is 3.02. The van der Waals surface area contributed by atoms with Gasteiger partial charge in [0.05, 0.1) is 20.1 Å². The molecule has 22 heavy (non-hydrogen) atoms. The molecule has 0 unspecified atom stereocenters. The summed E-state index contributed by atoms with van der Waals surface area (Å²) in [4.78, 5) is 7.89. The lowest BCUT2D eigenvalue weighted by atomic mass is 10.1. The molecule has 0 aliphatic heterocycles. The normalized spacial score (nSPS) is 11.7. The molecule has 1 aromatic heterocycles. The van der Waals surface area contributed by atoms with Crippen molar-refractivity contribution in [3.05, 3.63) is 58.4 Å². The first-order chi connectivity index (χ1) is 10.5. The largest absolute Gasteiger partial charge is 0.361 e. The third-order valence-corrected chi connectivity index (χ3v) is 9.19. The lowest BCUT2D eigenvalue weighted by molar-refractivity contribution is 1.39. The van der Waals surface area contributed by atoms with Crippen LogP contribution in [-0.2, 0) is 0 Å². The van der Waals surface area contributed by atoms with E-state index >= 15 is 0 Å². The zero-order valence-electron chi connectivity index (χ0n) is 10.8. The molecule has 0 spiro atoms. The first kappa shape index (κ1) is 16.9. The molecule has 0 fully saturated rings. The van der Waals surface area contributed by atoms with Crippen molar-refractivity contribution in [2.75, 3.05) is 0 Å². The molecular weight excluding hydrogens is 608 g/mol. The number of nitrogens with zero attached hydrogens (tertiary/aromatic N) is 1. The minimum atomic E-state index is 0.811. The van der Waals surface area contributed by atoms with Gasteiger partial charge < -0.3 is 4.98 Å². The number of halogens is 5. The average molecular weight is 615 g/mol. The van der Waals surface area contributed by atoms with Crippen LogP contribution in [-0.4, -0.2) is 11.2 Å². The Bertz CT molecular complexity index is 869. The SMILES string of the molecule is Brc1c(Br)c(Br)c(/N=C/c2cccc3cc[nH]c23)c(Br)c1Br. The Kier molecular flexibility index (Phi) is 5.29. The minimum absolute atomic E-state index is 0.811. The molecule has 0 saturated carbocycles. The highest BCUT2D eigenvalue weighted by Gasteiger charge is 2.16. The van der Waals surface area contributed by atoms with Gasteiger partial charge in [-0.15, -0.1) is 0 Å². The predicted octanol–water partition coefficient (Wildman–Crippen LogP) is 7.73. The van der Waals surface area contributed by atoms with Crippen LogP contribution in [0.1, 0.15) is 5.56 Å². The summed E-state index contributed by atoms with van der Waals surface area (Å²) >= 11 is 17.8. The van der Waals surface area contributed by atoms with Crippen LogP contribution in [0.25, 0.3) is 10.9 Å². The maximum Gasteiger partial charge on any atom is 0.0937 e. The first-order valence-corrected chi connectivity index (χ1v) is 10.1. The maximum absolute atomic E-state index is 4.65. The Hall–Kier alpha value is 0.0500. The summed E-state index contributed by atoms with van der Waals surface area (Å²) in [6.07, 6.45) is 3.79. The molecule has 0 bridgehead atoms. The van der Waals surface area contributed by atoms with Gasteiger partial charge in [-0.05, 0) is 85.7 Å². The molecule has 0 aliphatic rings. The number of H-pyrrole nitrogens is 1. The Morgan fingerprint density at radius 2 is 1.45 bits per heavy atom. The Labute approximate surface area is 169 Å². The van der Waals surface area contributed by atoms with Crippen molar-refractivity contribution in [2.24, 2.45) is 4.99 Å². The fourth-order valence-corrected chi connectivity index (χ4v) is 5.29. The molecule has 3 rings (SSSR count). The number of aromatic amines is 1. The fourth-order valence-electron chi connectivity index (χ4n) is 2.06. The molecule has 0 amide bonds. The summed E-state index contributed by atoms with van der Waals surface area (Å²) in [7, 11) is 0. The number of para-hydroxylation sites is 1. The van der Waals surface area contributed by atoms with E-state index in [1.807, 2.05) is 30.6 Å². The van der Waals surface area contributed by atoms with Gasteiger partial charge in [0.2, 0.25) is 0 Å². The fraction of sp³-hybridized carbons (Fsp3) is 0. The summed E-state index contributed by atoms with van der Waals surface area (Å²) in [5, 5.41) is 1.17. The molecule has 1 N–H and O–H groups in total. The molecular formula is C15H7Br5N2. The Morgan fingerprint density at radius 1 is 0.818 bits per heavy atom. The van der Waals surface area contributed by atoms with Gasteiger partial charge in [-0.1, -0.05) is 18.2 Å². The quantitative estimate of drug-likeness (QED) is 0.174. The van der Waals surface area contributed by atoms with Crippen LogP contribution in [0.3, 0.4) is 0 Å². The number of aliphatic imine (C=N–C) groups is 1. The molecule has 0 aliphatic carbocycles. The van der Waals surface area contributed by atoms with Gasteiger partial charge in [-0.25, -0.2) is 0 Å². The molecule has 7 heteroatoms. The van der Waals surface area contributed by atoms with Gasteiger partial charge in [0, 0.05) is 36.8 Å². The molecule has 0 saturated heterocycles. The van der Waals surface area contributed by atoms with Crippen LogP contribution in [0.4, 0.5) is 5.69 Å². The average Bonchev–Trinajstić information content (AvgIpc) is 3.00. The molecule has 1 heterocycles.